The Morgan fingerprint density at radius 1 is 1.17 bits per heavy atom. The third kappa shape index (κ3) is 2.90. The van der Waals surface area contributed by atoms with E-state index in [1.807, 2.05) is 0 Å². The van der Waals surface area contributed by atoms with Crippen molar-refractivity contribution in [1.29, 1.82) is 0 Å². The van der Waals surface area contributed by atoms with Gasteiger partial charge in [-0.1, -0.05) is 6.07 Å². The zero-order valence-corrected chi connectivity index (χ0v) is 14.0. The van der Waals surface area contributed by atoms with Crippen LogP contribution in [0.2, 0.25) is 0 Å². The standard InChI is InChI=1S/C20H24O4/c1-23-18-4-2-13(9-17(18)21)3-5-19(22)24-20-10-14-6-15(11-20)8-16(7-14)12-20/h2-5,9,14-16,21H,6-8,10-12H2,1H3/b5-3+. The molecule has 4 bridgehead atoms. The first-order valence-electron chi connectivity index (χ1n) is 8.83. The lowest BCUT2D eigenvalue weighted by Crippen LogP contribution is -2.52. The lowest BCUT2D eigenvalue weighted by Gasteiger charge is -2.55. The van der Waals surface area contributed by atoms with E-state index >= 15 is 0 Å². The third-order valence-electron chi connectivity index (χ3n) is 5.91. The summed E-state index contributed by atoms with van der Waals surface area (Å²) in [6.07, 6.45) is 10.3. The number of phenolic OH excluding ortho intramolecular Hbond substituents is 1. The van der Waals surface area contributed by atoms with E-state index in [0.717, 1.165) is 42.6 Å². The van der Waals surface area contributed by atoms with E-state index in [0.29, 0.717) is 5.75 Å². The van der Waals surface area contributed by atoms with Crippen molar-refractivity contribution in [2.24, 2.45) is 17.8 Å². The summed E-state index contributed by atoms with van der Waals surface area (Å²) in [5.74, 6) is 2.48. The summed E-state index contributed by atoms with van der Waals surface area (Å²) in [4.78, 5) is 12.3. The van der Waals surface area contributed by atoms with Gasteiger partial charge in [-0.3, -0.25) is 0 Å². The number of aromatic hydroxyl groups is 1. The number of carbonyl (C=O) groups is 1. The van der Waals surface area contributed by atoms with E-state index in [2.05, 4.69) is 0 Å². The van der Waals surface area contributed by atoms with Crippen LogP contribution < -0.4 is 4.74 Å². The van der Waals surface area contributed by atoms with E-state index in [-0.39, 0.29) is 17.3 Å². The van der Waals surface area contributed by atoms with Crippen LogP contribution in [0, 0.1) is 17.8 Å². The van der Waals surface area contributed by atoms with Crippen LogP contribution in [0.3, 0.4) is 0 Å². The molecule has 0 spiro atoms. The molecule has 0 heterocycles. The number of benzene rings is 1. The fourth-order valence-electron chi connectivity index (χ4n) is 5.38. The molecular formula is C20H24O4. The maximum Gasteiger partial charge on any atom is 0.331 e. The second-order valence-corrected chi connectivity index (χ2v) is 7.79. The monoisotopic (exact) mass is 328 g/mol. The maximum atomic E-state index is 12.3. The fourth-order valence-corrected chi connectivity index (χ4v) is 5.38. The molecule has 0 amide bonds. The highest BCUT2D eigenvalue weighted by atomic mass is 16.6. The molecule has 5 rings (SSSR count). The largest absolute Gasteiger partial charge is 0.504 e. The number of hydrogen-bond acceptors (Lipinski definition) is 4. The first kappa shape index (κ1) is 15.6. The molecule has 1 N–H and O–H groups in total. The molecular weight excluding hydrogens is 304 g/mol. The summed E-state index contributed by atoms with van der Waals surface area (Å²) in [7, 11) is 1.51. The minimum Gasteiger partial charge on any atom is -0.504 e. The summed E-state index contributed by atoms with van der Waals surface area (Å²) in [6.45, 7) is 0. The number of phenols is 1. The van der Waals surface area contributed by atoms with Crippen LogP contribution in [0.4, 0.5) is 0 Å². The van der Waals surface area contributed by atoms with E-state index < -0.39 is 0 Å². The van der Waals surface area contributed by atoms with E-state index in [9.17, 15) is 9.90 Å². The van der Waals surface area contributed by atoms with Crippen LogP contribution in [0.5, 0.6) is 11.5 Å². The van der Waals surface area contributed by atoms with Crippen molar-refractivity contribution in [3.8, 4) is 11.5 Å². The Kier molecular flexibility index (Phi) is 3.78. The van der Waals surface area contributed by atoms with Crippen LogP contribution >= 0.6 is 0 Å². The molecule has 128 valence electrons. The Morgan fingerprint density at radius 2 is 1.79 bits per heavy atom. The van der Waals surface area contributed by atoms with Crippen LogP contribution in [-0.2, 0) is 9.53 Å². The molecule has 1 aromatic rings. The zero-order chi connectivity index (χ0) is 16.7. The summed E-state index contributed by atoms with van der Waals surface area (Å²) in [6, 6.07) is 5.06. The molecule has 0 atom stereocenters. The van der Waals surface area contributed by atoms with E-state index in [1.54, 1.807) is 24.3 Å². The van der Waals surface area contributed by atoms with Crippen molar-refractivity contribution < 1.29 is 19.4 Å². The van der Waals surface area contributed by atoms with Gasteiger partial charge in [0.15, 0.2) is 11.5 Å². The molecule has 0 radical (unpaired) electrons. The number of esters is 1. The molecule has 4 fully saturated rings. The predicted octanol–water partition coefficient (Wildman–Crippen LogP) is 3.93. The summed E-state index contributed by atoms with van der Waals surface area (Å²) in [5, 5.41) is 9.79. The molecule has 0 aromatic heterocycles. The van der Waals surface area contributed by atoms with Gasteiger partial charge in [0.25, 0.3) is 0 Å². The molecule has 0 unspecified atom stereocenters. The molecule has 0 aliphatic heterocycles. The van der Waals surface area contributed by atoms with E-state index in [1.165, 1.54) is 32.4 Å². The number of rotatable bonds is 4. The quantitative estimate of drug-likeness (QED) is 0.672. The highest BCUT2D eigenvalue weighted by Crippen LogP contribution is 2.57. The summed E-state index contributed by atoms with van der Waals surface area (Å²) in [5.41, 5.74) is 0.536. The van der Waals surface area contributed by atoms with Crippen molar-refractivity contribution >= 4 is 12.0 Å². The Bertz CT molecular complexity index is 641. The minimum atomic E-state index is -0.271. The topological polar surface area (TPSA) is 55.8 Å². The van der Waals surface area contributed by atoms with Gasteiger partial charge in [0, 0.05) is 6.08 Å². The maximum absolute atomic E-state index is 12.3. The summed E-state index contributed by atoms with van der Waals surface area (Å²) >= 11 is 0. The third-order valence-corrected chi connectivity index (χ3v) is 5.91. The minimum absolute atomic E-state index is 0.0640. The van der Waals surface area contributed by atoms with Crippen LogP contribution in [0.15, 0.2) is 24.3 Å². The van der Waals surface area contributed by atoms with Crippen molar-refractivity contribution in [3.05, 3.63) is 29.8 Å². The van der Waals surface area contributed by atoms with Gasteiger partial charge in [-0.2, -0.15) is 0 Å². The van der Waals surface area contributed by atoms with E-state index in [4.69, 9.17) is 9.47 Å². The summed E-state index contributed by atoms with van der Waals surface area (Å²) < 4.78 is 11.0. The Morgan fingerprint density at radius 3 is 2.33 bits per heavy atom. The average Bonchev–Trinajstić information content (AvgIpc) is 2.51. The highest BCUT2D eigenvalue weighted by molar-refractivity contribution is 5.87. The Labute approximate surface area is 142 Å². The Hall–Kier alpha value is -1.97. The first-order valence-corrected chi connectivity index (χ1v) is 8.83. The van der Waals surface area contributed by atoms with Crippen molar-refractivity contribution in [2.45, 2.75) is 44.1 Å². The van der Waals surface area contributed by atoms with Gasteiger partial charge in [0.1, 0.15) is 5.60 Å². The molecule has 4 aliphatic rings. The number of methoxy groups -OCH3 is 1. The zero-order valence-electron chi connectivity index (χ0n) is 14.0. The van der Waals surface area contributed by atoms with Gasteiger partial charge < -0.3 is 14.6 Å². The van der Waals surface area contributed by atoms with Crippen molar-refractivity contribution in [3.63, 3.8) is 0 Å². The van der Waals surface area contributed by atoms with Crippen LogP contribution in [0.25, 0.3) is 6.08 Å². The number of ether oxygens (including phenoxy) is 2. The normalized spacial score (nSPS) is 33.8. The van der Waals surface area contributed by atoms with Crippen molar-refractivity contribution in [2.75, 3.05) is 7.11 Å². The molecule has 4 nitrogen and oxygen atoms in total. The lowest BCUT2D eigenvalue weighted by molar-refractivity contribution is -0.181. The molecule has 24 heavy (non-hydrogen) atoms. The molecule has 0 saturated heterocycles. The second kappa shape index (κ2) is 5.83. The fraction of sp³-hybridized carbons (Fsp3) is 0.550. The van der Waals surface area contributed by atoms with Gasteiger partial charge in [-0.05, 0) is 80.1 Å². The molecule has 4 saturated carbocycles. The SMILES string of the molecule is COc1ccc(/C=C/C(=O)OC23CC4CC(CC(C4)C2)C3)cc1O. The van der Waals surface area contributed by atoms with Gasteiger partial charge in [-0.25, -0.2) is 4.79 Å². The van der Waals surface area contributed by atoms with Gasteiger partial charge >= 0.3 is 5.97 Å². The number of carbonyl (C=O) groups excluding carboxylic acids is 1. The predicted molar refractivity (Wildman–Crippen MR) is 90.7 cm³/mol. The van der Waals surface area contributed by atoms with Gasteiger partial charge in [0.2, 0.25) is 0 Å². The molecule has 4 heteroatoms. The lowest BCUT2D eigenvalue weighted by atomic mass is 9.54. The van der Waals surface area contributed by atoms with Gasteiger partial charge in [0.05, 0.1) is 7.11 Å². The smallest absolute Gasteiger partial charge is 0.331 e. The molecule has 4 aliphatic carbocycles. The highest BCUT2D eigenvalue weighted by Gasteiger charge is 2.53. The average molecular weight is 328 g/mol. The number of hydrogen-bond donors (Lipinski definition) is 1. The van der Waals surface area contributed by atoms with Crippen LogP contribution in [-0.4, -0.2) is 23.8 Å². The van der Waals surface area contributed by atoms with Crippen molar-refractivity contribution in [1.82, 2.24) is 0 Å². The van der Waals surface area contributed by atoms with Crippen LogP contribution in [0.1, 0.15) is 44.1 Å². The van der Waals surface area contributed by atoms with Gasteiger partial charge in [-0.15, -0.1) is 0 Å². The second-order valence-electron chi connectivity index (χ2n) is 7.79. The molecule has 1 aromatic carbocycles. The first-order chi connectivity index (χ1) is 11.5. The Balaban J connectivity index is 1.42.